The highest BCUT2D eigenvalue weighted by atomic mass is 79.9. The zero-order valence-corrected chi connectivity index (χ0v) is 18.8. The molecule has 0 saturated carbocycles. The van der Waals surface area contributed by atoms with Crippen molar-refractivity contribution in [1.29, 1.82) is 0 Å². The number of anilines is 1. The molecule has 31 heavy (non-hydrogen) atoms. The van der Waals surface area contributed by atoms with Gasteiger partial charge in [-0.15, -0.1) is 0 Å². The Bertz CT molecular complexity index is 1340. The first-order valence-electron chi connectivity index (χ1n) is 9.35. The van der Waals surface area contributed by atoms with E-state index in [-0.39, 0.29) is 12.1 Å². The first-order valence-corrected chi connectivity index (χ1v) is 10.5. The van der Waals surface area contributed by atoms with Crippen LogP contribution in [0.25, 0.3) is 22.0 Å². The Morgan fingerprint density at radius 1 is 1.10 bits per heavy atom. The monoisotopic (exact) mass is 497 g/mol. The molecule has 1 heterocycles. The zero-order chi connectivity index (χ0) is 22.0. The molecule has 6 nitrogen and oxygen atoms in total. The van der Waals surface area contributed by atoms with Crippen LogP contribution < -0.4 is 15.6 Å². The Balaban J connectivity index is 1.69. The summed E-state index contributed by atoms with van der Waals surface area (Å²) in [6.45, 7) is -0.239. The number of nitrogens with one attached hydrogen (secondary N) is 1. The molecule has 1 N–H and O–H groups in total. The van der Waals surface area contributed by atoms with E-state index in [0.29, 0.717) is 27.5 Å². The first kappa shape index (κ1) is 21.1. The van der Waals surface area contributed by atoms with E-state index in [2.05, 4.69) is 26.3 Å². The highest BCUT2D eigenvalue weighted by Gasteiger charge is 2.15. The van der Waals surface area contributed by atoms with Gasteiger partial charge in [0.15, 0.2) is 0 Å². The second-order valence-corrected chi connectivity index (χ2v) is 8.08. The van der Waals surface area contributed by atoms with Gasteiger partial charge in [-0.05, 0) is 36.4 Å². The van der Waals surface area contributed by atoms with Crippen LogP contribution >= 0.6 is 27.5 Å². The van der Waals surface area contributed by atoms with E-state index in [0.717, 1.165) is 15.4 Å². The van der Waals surface area contributed by atoms with Crippen molar-refractivity contribution in [1.82, 2.24) is 9.78 Å². The Hall–Kier alpha value is -3.16. The fourth-order valence-electron chi connectivity index (χ4n) is 3.24. The molecule has 0 aliphatic heterocycles. The largest absolute Gasteiger partial charge is 0.495 e. The molecule has 0 fully saturated rings. The molecule has 1 amide bonds. The van der Waals surface area contributed by atoms with Gasteiger partial charge in [-0.25, -0.2) is 4.68 Å². The van der Waals surface area contributed by atoms with Crippen molar-refractivity contribution >= 4 is 49.9 Å². The number of aromatic nitrogens is 2. The van der Waals surface area contributed by atoms with Crippen LogP contribution in [0, 0.1) is 0 Å². The number of halogens is 2. The Labute approximate surface area is 191 Å². The Morgan fingerprint density at radius 2 is 1.81 bits per heavy atom. The van der Waals surface area contributed by atoms with Crippen LogP contribution in [-0.2, 0) is 11.3 Å². The number of benzene rings is 3. The average molecular weight is 499 g/mol. The zero-order valence-electron chi connectivity index (χ0n) is 16.4. The summed E-state index contributed by atoms with van der Waals surface area (Å²) in [5.74, 6) is 0.110. The maximum Gasteiger partial charge on any atom is 0.275 e. The van der Waals surface area contributed by atoms with Gasteiger partial charge in [-0.2, -0.15) is 5.10 Å². The molecule has 0 unspecified atom stereocenters. The SMILES string of the molecule is COc1ccc(NC(=O)Cn2nc(-c3ccc(Br)cc3)c3ccccc3c2=O)cc1Cl. The minimum absolute atomic E-state index is 0.239. The van der Waals surface area contributed by atoms with Crippen molar-refractivity contribution in [2.75, 3.05) is 12.4 Å². The number of nitrogens with zero attached hydrogens (tertiary/aromatic N) is 2. The maximum atomic E-state index is 13.0. The number of amides is 1. The van der Waals surface area contributed by atoms with E-state index in [4.69, 9.17) is 16.3 Å². The molecule has 0 aliphatic carbocycles. The van der Waals surface area contributed by atoms with Gasteiger partial charge >= 0.3 is 0 Å². The van der Waals surface area contributed by atoms with Crippen LogP contribution in [0.5, 0.6) is 5.75 Å². The van der Waals surface area contributed by atoms with Crippen LogP contribution in [0.4, 0.5) is 5.69 Å². The van der Waals surface area contributed by atoms with Crippen LogP contribution in [0.2, 0.25) is 5.02 Å². The second kappa shape index (κ2) is 8.91. The number of carbonyl (C=O) groups excluding carboxylic acids is 1. The normalized spacial score (nSPS) is 10.8. The van der Waals surface area contributed by atoms with Crippen LogP contribution in [0.3, 0.4) is 0 Å². The highest BCUT2D eigenvalue weighted by molar-refractivity contribution is 9.10. The summed E-state index contributed by atoms with van der Waals surface area (Å²) < 4.78 is 7.23. The van der Waals surface area contributed by atoms with E-state index in [9.17, 15) is 9.59 Å². The minimum Gasteiger partial charge on any atom is -0.495 e. The number of rotatable bonds is 5. The molecule has 3 aromatic carbocycles. The third kappa shape index (κ3) is 4.47. The lowest BCUT2D eigenvalue weighted by Gasteiger charge is -2.12. The summed E-state index contributed by atoms with van der Waals surface area (Å²) in [6.07, 6.45) is 0. The summed E-state index contributed by atoms with van der Waals surface area (Å²) in [5.41, 5.74) is 1.63. The van der Waals surface area contributed by atoms with E-state index in [1.165, 1.54) is 11.8 Å². The van der Waals surface area contributed by atoms with Crippen molar-refractivity contribution < 1.29 is 9.53 Å². The third-order valence-corrected chi connectivity index (χ3v) is 5.54. The molecule has 0 atom stereocenters. The van der Waals surface area contributed by atoms with E-state index in [1.807, 2.05) is 36.4 Å². The van der Waals surface area contributed by atoms with Crippen LogP contribution in [-0.4, -0.2) is 22.8 Å². The molecule has 0 spiro atoms. The number of fused-ring (bicyclic) bond motifs is 1. The van der Waals surface area contributed by atoms with Crippen LogP contribution in [0.15, 0.2) is 76.0 Å². The van der Waals surface area contributed by atoms with E-state index >= 15 is 0 Å². The van der Waals surface area contributed by atoms with Crippen molar-refractivity contribution in [2.45, 2.75) is 6.54 Å². The fraction of sp³-hybridized carbons (Fsp3) is 0.0870. The molecule has 0 saturated heterocycles. The lowest BCUT2D eigenvalue weighted by Crippen LogP contribution is -2.30. The standard InChI is InChI=1S/C23H17BrClN3O3/c1-31-20-11-10-16(12-19(20)25)26-21(29)13-28-23(30)18-5-3-2-4-17(18)22(27-28)14-6-8-15(24)9-7-14/h2-12H,13H2,1H3,(H,26,29). The fourth-order valence-corrected chi connectivity index (χ4v) is 3.77. The lowest BCUT2D eigenvalue weighted by molar-refractivity contribution is -0.117. The molecule has 0 aliphatic rings. The first-order chi connectivity index (χ1) is 15.0. The molecule has 4 rings (SSSR count). The van der Waals surface area contributed by atoms with Gasteiger partial charge in [0.2, 0.25) is 5.91 Å². The van der Waals surface area contributed by atoms with Gasteiger partial charge in [0.1, 0.15) is 12.3 Å². The number of ether oxygens (including phenoxy) is 1. The van der Waals surface area contributed by atoms with E-state index < -0.39 is 5.91 Å². The summed E-state index contributed by atoms with van der Waals surface area (Å²) >= 11 is 9.54. The molecule has 1 aromatic heterocycles. The number of hydrogen-bond donors (Lipinski definition) is 1. The number of carbonyl (C=O) groups is 1. The molecular weight excluding hydrogens is 482 g/mol. The highest BCUT2D eigenvalue weighted by Crippen LogP contribution is 2.28. The van der Waals surface area contributed by atoms with Gasteiger partial charge in [0.05, 0.1) is 23.2 Å². The predicted molar refractivity (Wildman–Crippen MR) is 126 cm³/mol. The van der Waals surface area contributed by atoms with Crippen LogP contribution in [0.1, 0.15) is 0 Å². The minimum atomic E-state index is -0.395. The van der Waals surface area contributed by atoms with Gasteiger partial charge in [-0.3, -0.25) is 9.59 Å². The van der Waals surface area contributed by atoms with Gasteiger partial charge < -0.3 is 10.1 Å². The Morgan fingerprint density at radius 3 is 2.48 bits per heavy atom. The number of methoxy groups -OCH3 is 1. The number of hydrogen-bond acceptors (Lipinski definition) is 4. The van der Waals surface area contributed by atoms with Crippen molar-refractivity contribution in [3.63, 3.8) is 0 Å². The predicted octanol–water partition coefficient (Wildman–Crippen LogP) is 5.13. The molecule has 4 aromatic rings. The topological polar surface area (TPSA) is 73.2 Å². The average Bonchev–Trinajstić information content (AvgIpc) is 2.76. The Kier molecular flexibility index (Phi) is 6.06. The molecule has 0 radical (unpaired) electrons. The van der Waals surface area contributed by atoms with Crippen molar-refractivity contribution in [3.05, 3.63) is 86.6 Å². The van der Waals surface area contributed by atoms with Gasteiger partial charge in [0.25, 0.3) is 5.56 Å². The van der Waals surface area contributed by atoms with Crippen molar-refractivity contribution in [3.8, 4) is 17.0 Å². The molecule has 0 bridgehead atoms. The lowest BCUT2D eigenvalue weighted by atomic mass is 10.1. The quantitative estimate of drug-likeness (QED) is 0.414. The molecular formula is C23H17BrClN3O3. The van der Waals surface area contributed by atoms with E-state index in [1.54, 1.807) is 30.3 Å². The maximum absolute atomic E-state index is 13.0. The van der Waals surface area contributed by atoms with Gasteiger partial charge in [0, 0.05) is 21.1 Å². The summed E-state index contributed by atoms with van der Waals surface area (Å²) in [4.78, 5) is 25.6. The molecule has 8 heteroatoms. The summed E-state index contributed by atoms with van der Waals surface area (Å²) in [6, 6.07) is 19.8. The summed E-state index contributed by atoms with van der Waals surface area (Å²) in [7, 11) is 1.51. The summed E-state index contributed by atoms with van der Waals surface area (Å²) in [5, 5.41) is 8.85. The second-order valence-electron chi connectivity index (χ2n) is 6.76. The smallest absolute Gasteiger partial charge is 0.275 e. The molecule has 156 valence electrons. The third-order valence-electron chi connectivity index (χ3n) is 4.71. The van der Waals surface area contributed by atoms with Gasteiger partial charge in [-0.1, -0.05) is 57.9 Å². The van der Waals surface area contributed by atoms with Crippen molar-refractivity contribution in [2.24, 2.45) is 0 Å².